The highest BCUT2D eigenvalue weighted by Gasteiger charge is 2.03. The predicted molar refractivity (Wildman–Crippen MR) is 123 cm³/mol. The first kappa shape index (κ1) is 19.5. The minimum atomic E-state index is -0.256. The highest BCUT2D eigenvalue weighted by atomic mass is 19.1. The van der Waals surface area contributed by atoms with Crippen molar-refractivity contribution in [3.05, 3.63) is 119 Å². The van der Waals surface area contributed by atoms with Crippen molar-refractivity contribution in [2.24, 2.45) is 0 Å². The second-order valence-corrected chi connectivity index (χ2v) is 7.16. The Kier molecular flexibility index (Phi) is 5.93. The SMILES string of the molecule is CCCc1ccc(C#Cc2ccc(C#Cc3ccc(F)cc3)c3ccccc23)cc1. The third-order valence-corrected chi connectivity index (χ3v) is 4.94. The van der Waals surface area contributed by atoms with E-state index in [-0.39, 0.29) is 5.82 Å². The van der Waals surface area contributed by atoms with Gasteiger partial charge in [0.15, 0.2) is 0 Å². The predicted octanol–water partition coefficient (Wildman–Crippen LogP) is 6.73. The maximum atomic E-state index is 13.1. The van der Waals surface area contributed by atoms with Gasteiger partial charge in [0.05, 0.1) is 0 Å². The van der Waals surface area contributed by atoms with Gasteiger partial charge >= 0.3 is 0 Å². The fourth-order valence-corrected chi connectivity index (χ4v) is 3.37. The van der Waals surface area contributed by atoms with Crippen LogP contribution in [0.5, 0.6) is 0 Å². The van der Waals surface area contributed by atoms with E-state index in [1.807, 2.05) is 24.3 Å². The summed E-state index contributed by atoms with van der Waals surface area (Å²) in [5, 5.41) is 2.15. The lowest BCUT2D eigenvalue weighted by molar-refractivity contribution is 0.627. The summed E-state index contributed by atoms with van der Waals surface area (Å²) in [6.45, 7) is 2.19. The maximum Gasteiger partial charge on any atom is 0.123 e. The van der Waals surface area contributed by atoms with Gasteiger partial charge in [0.2, 0.25) is 0 Å². The summed E-state index contributed by atoms with van der Waals surface area (Å²) >= 11 is 0. The molecule has 0 radical (unpaired) electrons. The zero-order valence-corrected chi connectivity index (χ0v) is 16.9. The highest BCUT2D eigenvalue weighted by molar-refractivity contribution is 5.93. The number of fused-ring (bicyclic) bond motifs is 1. The molecular weight excluding hydrogens is 367 g/mol. The van der Waals surface area contributed by atoms with E-state index >= 15 is 0 Å². The van der Waals surface area contributed by atoms with Crippen molar-refractivity contribution in [1.82, 2.24) is 0 Å². The van der Waals surface area contributed by atoms with Crippen molar-refractivity contribution in [2.45, 2.75) is 19.8 Å². The van der Waals surface area contributed by atoms with Gasteiger partial charge in [0.25, 0.3) is 0 Å². The number of aryl methyl sites for hydroxylation is 1. The van der Waals surface area contributed by atoms with Gasteiger partial charge in [-0.15, -0.1) is 0 Å². The molecule has 0 aliphatic rings. The van der Waals surface area contributed by atoms with E-state index in [1.165, 1.54) is 17.7 Å². The van der Waals surface area contributed by atoms with Crippen LogP contribution in [0.25, 0.3) is 10.8 Å². The molecule has 0 aliphatic carbocycles. The molecule has 0 aliphatic heterocycles. The number of halogens is 1. The number of benzene rings is 4. The zero-order valence-electron chi connectivity index (χ0n) is 16.9. The first-order valence-corrected chi connectivity index (χ1v) is 10.1. The average molecular weight is 388 g/mol. The van der Waals surface area contributed by atoms with Crippen molar-refractivity contribution < 1.29 is 4.39 Å². The molecule has 1 heteroatoms. The fraction of sp³-hybridized carbons (Fsp3) is 0.103. The van der Waals surface area contributed by atoms with E-state index in [2.05, 4.69) is 67.0 Å². The summed E-state index contributed by atoms with van der Waals surface area (Å²) in [6.07, 6.45) is 2.24. The highest BCUT2D eigenvalue weighted by Crippen LogP contribution is 2.22. The normalized spacial score (nSPS) is 10.1. The Balaban J connectivity index is 1.67. The summed E-state index contributed by atoms with van der Waals surface area (Å²) in [4.78, 5) is 0. The van der Waals surface area contributed by atoms with Gasteiger partial charge in [0, 0.05) is 22.3 Å². The van der Waals surface area contributed by atoms with Crippen LogP contribution in [0.3, 0.4) is 0 Å². The Morgan fingerprint density at radius 1 is 0.600 bits per heavy atom. The topological polar surface area (TPSA) is 0 Å². The molecule has 0 spiro atoms. The Labute approximate surface area is 177 Å². The maximum absolute atomic E-state index is 13.1. The van der Waals surface area contributed by atoms with Crippen LogP contribution < -0.4 is 0 Å². The summed E-state index contributed by atoms with van der Waals surface area (Å²) in [5.41, 5.74) is 5.06. The summed E-state index contributed by atoms with van der Waals surface area (Å²) in [7, 11) is 0. The van der Waals surface area contributed by atoms with Crippen molar-refractivity contribution in [1.29, 1.82) is 0 Å². The van der Waals surface area contributed by atoms with Gasteiger partial charge in [0.1, 0.15) is 5.82 Å². The van der Waals surface area contributed by atoms with Gasteiger partial charge in [-0.1, -0.05) is 73.4 Å². The number of rotatable bonds is 2. The molecule has 0 bridgehead atoms. The molecule has 0 amide bonds. The van der Waals surface area contributed by atoms with Gasteiger partial charge in [-0.05, 0) is 71.3 Å². The molecule has 0 saturated carbocycles. The van der Waals surface area contributed by atoms with E-state index in [0.29, 0.717) is 0 Å². The number of hydrogen-bond acceptors (Lipinski definition) is 0. The van der Waals surface area contributed by atoms with Crippen LogP contribution in [-0.2, 0) is 6.42 Å². The second-order valence-electron chi connectivity index (χ2n) is 7.16. The average Bonchev–Trinajstić information content (AvgIpc) is 2.79. The van der Waals surface area contributed by atoms with Crippen molar-refractivity contribution >= 4 is 10.8 Å². The lowest BCUT2D eigenvalue weighted by Gasteiger charge is -2.03. The van der Waals surface area contributed by atoms with Crippen LogP contribution in [0.1, 0.15) is 41.2 Å². The smallest absolute Gasteiger partial charge is 0.123 e. The van der Waals surface area contributed by atoms with E-state index in [1.54, 1.807) is 12.1 Å². The van der Waals surface area contributed by atoms with Crippen LogP contribution in [0, 0.1) is 29.5 Å². The molecule has 4 rings (SSSR count). The van der Waals surface area contributed by atoms with Crippen molar-refractivity contribution in [2.75, 3.05) is 0 Å². The van der Waals surface area contributed by atoms with Crippen molar-refractivity contribution in [3.8, 4) is 23.7 Å². The van der Waals surface area contributed by atoms with Crippen LogP contribution in [0.2, 0.25) is 0 Å². The van der Waals surface area contributed by atoms with Crippen LogP contribution in [0.4, 0.5) is 4.39 Å². The number of hydrogen-bond donors (Lipinski definition) is 0. The molecule has 4 aromatic carbocycles. The summed E-state index contributed by atoms with van der Waals surface area (Å²) in [5.74, 6) is 12.7. The lowest BCUT2D eigenvalue weighted by Crippen LogP contribution is -1.86. The second kappa shape index (κ2) is 9.13. The fourth-order valence-electron chi connectivity index (χ4n) is 3.37. The van der Waals surface area contributed by atoms with E-state index < -0.39 is 0 Å². The van der Waals surface area contributed by atoms with Crippen LogP contribution in [0.15, 0.2) is 84.9 Å². The molecule has 0 unspecified atom stereocenters. The molecule has 0 fully saturated rings. The minimum absolute atomic E-state index is 0.256. The minimum Gasteiger partial charge on any atom is -0.207 e. The Morgan fingerprint density at radius 3 is 1.60 bits per heavy atom. The molecule has 0 saturated heterocycles. The third-order valence-electron chi connectivity index (χ3n) is 4.94. The summed E-state index contributed by atoms with van der Waals surface area (Å²) < 4.78 is 13.1. The Hall–Kier alpha value is -3.81. The standard InChI is InChI=1S/C29H21F/c1-2-5-22-8-10-23(11-9-22)12-16-25-18-19-26(29-7-4-3-6-28(25)29)17-13-24-14-20-27(30)21-15-24/h3-4,6-11,14-15,18-21H,2,5H2,1H3. The van der Waals surface area contributed by atoms with Gasteiger partial charge in [-0.25, -0.2) is 4.39 Å². The monoisotopic (exact) mass is 388 g/mol. The van der Waals surface area contributed by atoms with Crippen molar-refractivity contribution in [3.63, 3.8) is 0 Å². The molecule has 0 nitrogen and oxygen atoms in total. The van der Waals surface area contributed by atoms with Crippen LogP contribution >= 0.6 is 0 Å². The van der Waals surface area contributed by atoms with Gasteiger partial charge in [-0.2, -0.15) is 0 Å². The molecule has 4 aromatic rings. The largest absolute Gasteiger partial charge is 0.207 e. The van der Waals surface area contributed by atoms with Gasteiger partial charge in [-0.3, -0.25) is 0 Å². The molecule has 0 heterocycles. The van der Waals surface area contributed by atoms with E-state index in [9.17, 15) is 4.39 Å². The quantitative estimate of drug-likeness (QED) is 0.334. The zero-order chi connectivity index (χ0) is 20.8. The molecule has 0 atom stereocenters. The molecule has 0 aromatic heterocycles. The third kappa shape index (κ3) is 4.60. The first-order valence-electron chi connectivity index (χ1n) is 10.1. The lowest BCUT2D eigenvalue weighted by atomic mass is 9.99. The molecule has 144 valence electrons. The Morgan fingerprint density at radius 2 is 1.10 bits per heavy atom. The van der Waals surface area contributed by atoms with E-state index in [4.69, 9.17) is 0 Å². The van der Waals surface area contributed by atoms with E-state index in [0.717, 1.165) is 45.9 Å². The molecular formula is C29H21F. The molecule has 30 heavy (non-hydrogen) atoms. The Bertz CT molecular complexity index is 1290. The summed E-state index contributed by atoms with van der Waals surface area (Å²) in [6, 6.07) is 26.9. The first-order chi connectivity index (χ1) is 14.7. The van der Waals surface area contributed by atoms with Gasteiger partial charge < -0.3 is 0 Å². The molecule has 0 N–H and O–H groups in total. The van der Waals surface area contributed by atoms with Crippen LogP contribution in [-0.4, -0.2) is 0 Å².